The molecule has 0 amide bonds. The number of aryl methyl sites for hydroxylation is 2. The molecule has 0 fully saturated rings. The van der Waals surface area contributed by atoms with E-state index in [1.54, 1.807) is 24.3 Å². The first-order valence-electron chi connectivity index (χ1n) is 6.40. The average Bonchev–Trinajstić information content (AvgIpc) is 2.41. The van der Waals surface area contributed by atoms with Gasteiger partial charge in [-0.25, -0.2) is 0 Å². The maximum atomic E-state index is 12.3. The highest BCUT2D eigenvalue weighted by atomic mass is 19.3. The van der Waals surface area contributed by atoms with Crippen LogP contribution in [0.4, 0.5) is 14.5 Å². The number of rotatable bonds is 5. The van der Waals surface area contributed by atoms with Crippen LogP contribution in [0.25, 0.3) is 0 Å². The standard InChI is InChI=1S/C16H17F2NO/c1-11-7-8-14(9-12(11)2)19-10-13-5-3-4-6-15(13)20-16(17)18/h3-9,16,19H,10H2,1-2H3. The van der Waals surface area contributed by atoms with E-state index in [4.69, 9.17) is 0 Å². The van der Waals surface area contributed by atoms with Crippen LogP contribution in [-0.2, 0) is 6.54 Å². The number of hydrogen-bond donors (Lipinski definition) is 1. The second kappa shape index (κ2) is 6.37. The molecule has 106 valence electrons. The Morgan fingerprint density at radius 2 is 1.80 bits per heavy atom. The zero-order chi connectivity index (χ0) is 14.5. The van der Waals surface area contributed by atoms with Crippen LogP contribution in [0, 0.1) is 13.8 Å². The zero-order valence-corrected chi connectivity index (χ0v) is 11.5. The summed E-state index contributed by atoms with van der Waals surface area (Å²) in [4.78, 5) is 0. The van der Waals surface area contributed by atoms with Gasteiger partial charge >= 0.3 is 6.61 Å². The summed E-state index contributed by atoms with van der Waals surface area (Å²) < 4.78 is 29.1. The number of para-hydroxylation sites is 1. The lowest BCUT2D eigenvalue weighted by molar-refractivity contribution is -0.0504. The lowest BCUT2D eigenvalue weighted by Crippen LogP contribution is -2.07. The second-order valence-corrected chi connectivity index (χ2v) is 4.64. The molecule has 0 saturated carbocycles. The van der Waals surface area contributed by atoms with Crippen molar-refractivity contribution in [3.8, 4) is 5.75 Å². The molecule has 20 heavy (non-hydrogen) atoms. The SMILES string of the molecule is Cc1ccc(NCc2ccccc2OC(F)F)cc1C. The van der Waals surface area contributed by atoms with Gasteiger partial charge in [0.25, 0.3) is 0 Å². The summed E-state index contributed by atoms with van der Waals surface area (Å²) >= 11 is 0. The molecule has 4 heteroatoms. The fourth-order valence-electron chi connectivity index (χ4n) is 1.91. The molecule has 1 N–H and O–H groups in total. The smallest absolute Gasteiger partial charge is 0.387 e. The Hall–Kier alpha value is -2.10. The quantitative estimate of drug-likeness (QED) is 0.867. The summed E-state index contributed by atoms with van der Waals surface area (Å²) in [6.45, 7) is 1.71. The van der Waals surface area contributed by atoms with Crippen molar-refractivity contribution < 1.29 is 13.5 Å². The van der Waals surface area contributed by atoms with Gasteiger partial charge in [0.05, 0.1) is 0 Å². The van der Waals surface area contributed by atoms with Crippen LogP contribution in [0.5, 0.6) is 5.75 Å². The van der Waals surface area contributed by atoms with Crippen molar-refractivity contribution in [2.45, 2.75) is 27.0 Å². The molecule has 0 aliphatic carbocycles. The minimum atomic E-state index is -2.81. The van der Waals surface area contributed by atoms with Gasteiger partial charge in [0.2, 0.25) is 0 Å². The lowest BCUT2D eigenvalue weighted by Gasteiger charge is -2.12. The van der Waals surface area contributed by atoms with Crippen LogP contribution in [0.2, 0.25) is 0 Å². The van der Waals surface area contributed by atoms with E-state index < -0.39 is 6.61 Å². The summed E-state index contributed by atoms with van der Waals surface area (Å²) in [7, 11) is 0. The van der Waals surface area contributed by atoms with Gasteiger partial charge in [-0.3, -0.25) is 0 Å². The lowest BCUT2D eigenvalue weighted by atomic mass is 10.1. The molecule has 0 saturated heterocycles. The first-order valence-corrected chi connectivity index (χ1v) is 6.40. The van der Waals surface area contributed by atoms with Crippen molar-refractivity contribution in [2.75, 3.05) is 5.32 Å². The molecule has 0 bridgehead atoms. The Balaban J connectivity index is 2.08. The van der Waals surface area contributed by atoms with E-state index in [9.17, 15) is 8.78 Å². The van der Waals surface area contributed by atoms with Gasteiger partial charge in [0, 0.05) is 17.8 Å². The van der Waals surface area contributed by atoms with Crippen molar-refractivity contribution in [2.24, 2.45) is 0 Å². The number of nitrogens with one attached hydrogen (secondary N) is 1. The predicted octanol–water partition coefficient (Wildman–Crippen LogP) is 4.52. The van der Waals surface area contributed by atoms with E-state index >= 15 is 0 Å². The molecule has 0 aliphatic rings. The van der Waals surface area contributed by atoms with Crippen molar-refractivity contribution >= 4 is 5.69 Å². The molecular formula is C16H17F2NO. The molecular weight excluding hydrogens is 260 g/mol. The molecule has 2 rings (SSSR count). The Labute approximate surface area is 117 Å². The molecule has 0 unspecified atom stereocenters. The van der Waals surface area contributed by atoms with Gasteiger partial charge in [0.1, 0.15) is 5.75 Å². The number of alkyl halides is 2. The summed E-state index contributed by atoms with van der Waals surface area (Å²) in [5.74, 6) is 0.207. The molecule has 0 spiro atoms. The fourth-order valence-corrected chi connectivity index (χ4v) is 1.91. The van der Waals surface area contributed by atoms with Gasteiger partial charge in [-0.2, -0.15) is 8.78 Å². The number of benzene rings is 2. The molecule has 2 aromatic carbocycles. The maximum Gasteiger partial charge on any atom is 0.387 e. The van der Waals surface area contributed by atoms with E-state index in [2.05, 4.69) is 10.1 Å². The van der Waals surface area contributed by atoms with Gasteiger partial charge in [-0.15, -0.1) is 0 Å². The van der Waals surface area contributed by atoms with E-state index in [0.717, 1.165) is 5.69 Å². The summed E-state index contributed by atoms with van der Waals surface area (Å²) in [6, 6.07) is 12.8. The molecule has 0 atom stereocenters. The van der Waals surface area contributed by atoms with Crippen LogP contribution in [0.3, 0.4) is 0 Å². The zero-order valence-electron chi connectivity index (χ0n) is 11.5. The van der Waals surface area contributed by atoms with Crippen LogP contribution in [0.15, 0.2) is 42.5 Å². The Kier molecular flexibility index (Phi) is 4.56. The summed E-state index contributed by atoms with van der Waals surface area (Å²) in [5.41, 5.74) is 4.06. The van der Waals surface area contributed by atoms with Crippen LogP contribution in [-0.4, -0.2) is 6.61 Å². The van der Waals surface area contributed by atoms with Gasteiger partial charge in [-0.05, 0) is 43.2 Å². The summed E-state index contributed by atoms with van der Waals surface area (Å²) in [5, 5.41) is 3.22. The fraction of sp³-hybridized carbons (Fsp3) is 0.250. The average molecular weight is 277 g/mol. The second-order valence-electron chi connectivity index (χ2n) is 4.64. The van der Waals surface area contributed by atoms with E-state index in [-0.39, 0.29) is 5.75 Å². The van der Waals surface area contributed by atoms with Gasteiger partial charge in [0.15, 0.2) is 0 Å². The van der Waals surface area contributed by atoms with Gasteiger partial charge in [-0.1, -0.05) is 24.3 Å². The number of halogens is 2. The number of anilines is 1. The third kappa shape index (κ3) is 3.70. The molecule has 0 aliphatic heterocycles. The first-order chi connectivity index (χ1) is 9.56. The minimum Gasteiger partial charge on any atom is -0.434 e. The Morgan fingerprint density at radius 3 is 2.50 bits per heavy atom. The highest BCUT2D eigenvalue weighted by Gasteiger charge is 2.08. The van der Waals surface area contributed by atoms with Crippen molar-refractivity contribution in [3.63, 3.8) is 0 Å². The molecule has 0 aromatic heterocycles. The summed E-state index contributed by atoms with van der Waals surface area (Å²) in [6.07, 6.45) is 0. The van der Waals surface area contributed by atoms with E-state index in [1.807, 2.05) is 32.0 Å². The maximum absolute atomic E-state index is 12.3. The predicted molar refractivity (Wildman–Crippen MR) is 76.3 cm³/mol. The normalized spacial score (nSPS) is 10.7. The topological polar surface area (TPSA) is 21.3 Å². The van der Waals surface area contributed by atoms with E-state index in [1.165, 1.54) is 11.1 Å². The van der Waals surface area contributed by atoms with Crippen LogP contribution in [0.1, 0.15) is 16.7 Å². The van der Waals surface area contributed by atoms with Crippen LogP contribution < -0.4 is 10.1 Å². The molecule has 0 radical (unpaired) electrons. The highest BCUT2D eigenvalue weighted by Crippen LogP contribution is 2.22. The minimum absolute atomic E-state index is 0.207. The van der Waals surface area contributed by atoms with Gasteiger partial charge < -0.3 is 10.1 Å². The molecule has 0 heterocycles. The van der Waals surface area contributed by atoms with Crippen LogP contribution >= 0.6 is 0 Å². The van der Waals surface area contributed by atoms with Crippen molar-refractivity contribution in [3.05, 3.63) is 59.2 Å². The largest absolute Gasteiger partial charge is 0.434 e. The third-order valence-corrected chi connectivity index (χ3v) is 3.18. The number of ether oxygens (including phenoxy) is 1. The molecule has 2 nitrogen and oxygen atoms in total. The molecule has 2 aromatic rings. The van der Waals surface area contributed by atoms with E-state index in [0.29, 0.717) is 12.1 Å². The number of hydrogen-bond acceptors (Lipinski definition) is 2. The third-order valence-electron chi connectivity index (χ3n) is 3.18. The van der Waals surface area contributed by atoms with Crippen molar-refractivity contribution in [1.29, 1.82) is 0 Å². The van der Waals surface area contributed by atoms with Crippen molar-refractivity contribution in [1.82, 2.24) is 0 Å². The Morgan fingerprint density at radius 1 is 1.05 bits per heavy atom. The Bertz CT molecular complexity index is 584. The monoisotopic (exact) mass is 277 g/mol. The highest BCUT2D eigenvalue weighted by molar-refractivity contribution is 5.49. The first kappa shape index (κ1) is 14.3.